The Morgan fingerprint density at radius 1 is 1.12 bits per heavy atom. The van der Waals surface area contributed by atoms with Gasteiger partial charge in [-0.05, 0) is 31.1 Å². The van der Waals surface area contributed by atoms with Crippen LogP contribution in [0.3, 0.4) is 0 Å². The lowest BCUT2D eigenvalue weighted by molar-refractivity contribution is 0.105. The van der Waals surface area contributed by atoms with Crippen molar-refractivity contribution in [3.8, 4) is 0 Å². The number of hydrogen-bond donors (Lipinski definition) is 1. The topological polar surface area (TPSA) is 23.5 Å². The minimum Gasteiger partial charge on any atom is -0.395 e. The molecule has 1 atom stereocenters. The molecule has 1 fully saturated rings. The zero-order valence-electron chi connectivity index (χ0n) is 12.0. The minimum absolute atomic E-state index is 0.310. The highest BCUT2D eigenvalue weighted by Crippen LogP contribution is 2.24. The fraction of sp³-hybridized carbons (Fsp3) is 1.00. The molecule has 0 heterocycles. The van der Waals surface area contributed by atoms with E-state index >= 15 is 0 Å². The third-order valence-electron chi connectivity index (χ3n) is 3.90. The number of hydrogen-bond acceptors (Lipinski definition) is 2. The average Bonchev–Trinajstić information content (AvgIpc) is 2.28. The third kappa shape index (κ3) is 5.87. The van der Waals surface area contributed by atoms with E-state index in [1.807, 2.05) is 0 Å². The molecule has 0 spiro atoms. The van der Waals surface area contributed by atoms with E-state index in [9.17, 15) is 5.11 Å². The van der Waals surface area contributed by atoms with Gasteiger partial charge in [-0.25, -0.2) is 0 Å². The highest BCUT2D eigenvalue weighted by Gasteiger charge is 2.22. The van der Waals surface area contributed by atoms with Crippen LogP contribution in [0.25, 0.3) is 0 Å². The molecule has 102 valence electrons. The standard InChI is InChI=1S/C15H31NO/c1-13(2)11-14(3)12-16(9-10-17)15-7-5-4-6-8-15/h13-15,17H,4-12H2,1-3H3. The highest BCUT2D eigenvalue weighted by molar-refractivity contribution is 4.77. The van der Waals surface area contributed by atoms with Crippen LogP contribution in [0, 0.1) is 11.8 Å². The van der Waals surface area contributed by atoms with Crippen LogP contribution < -0.4 is 0 Å². The zero-order chi connectivity index (χ0) is 12.7. The van der Waals surface area contributed by atoms with Crippen LogP contribution in [0.4, 0.5) is 0 Å². The van der Waals surface area contributed by atoms with E-state index in [1.54, 1.807) is 0 Å². The van der Waals surface area contributed by atoms with Gasteiger partial charge in [0.05, 0.1) is 6.61 Å². The fourth-order valence-electron chi connectivity index (χ4n) is 3.28. The fourth-order valence-corrected chi connectivity index (χ4v) is 3.28. The van der Waals surface area contributed by atoms with Gasteiger partial charge in [0.2, 0.25) is 0 Å². The van der Waals surface area contributed by atoms with Crippen LogP contribution in [0.2, 0.25) is 0 Å². The molecule has 0 aromatic heterocycles. The summed E-state index contributed by atoms with van der Waals surface area (Å²) in [6.45, 7) is 9.30. The zero-order valence-corrected chi connectivity index (χ0v) is 12.0. The third-order valence-corrected chi connectivity index (χ3v) is 3.90. The van der Waals surface area contributed by atoms with Gasteiger partial charge < -0.3 is 5.11 Å². The molecule has 2 heteroatoms. The first-order chi connectivity index (χ1) is 8.13. The summed E-state index contributed by atoms with van der Waals surface area (Å²) in [6, 6.07) is 0.741. The first-order valence-corrected chi connectivity index (χ1v) is 7.48. The highest BCUT2D eigenvalue weighted by atomic mass is 16.3. The predicted octanol–water partition coefficient (Wildman–Crippen LogP) is 3.30. The SMILES string of the molecule is CC(C)CC(C)CN(CCO)C1CCCCC1. The molecule has 1 unspecified atom stereocenters. The molecular formula is C15H31NO. The van der Waals surface area contributed by atoms with Crippen LogP contribution in [-0.2, 0) is 0 Å². The number of rotatable bonds is 7. The van der Waals surface area contributed by atoms with E-state index in [2.05, 4.69) is 25.7 Å². The Balaban J connectivity index is 2.40. The van der Waals surface area contributed by atoms with Gasteiger partial charge in [-0.15, -0.1) is 0 Å². The lowest BCUT2D eigenvalue weighted by Crippen LogP contribution is -2.41. The van der Waals surface area contributed by atoms with Gasteiger partial charge in [-0.3, -0.25) is 4.90 Å². The van der Waals surface area contributed by atoms with E-state index in [0.29, 0.717) is 6.61 Å². The lowest BCUT2D eigenvalue weighted by Gasteiger charge is -2.36. The first kappa shape index (κ1) is 15.0. The van der Waals surface area contributed by atoms with Crippen LogP contribution in [-0.4, -0.2) is 35.7 Å². The van der Waals surface area contributed by atoms with Crippen molar-refractivity contribution in [1.29, 1.82) is 0 Å². The molecule has 0 saturated heterocycles. The van der Waals surface area contributed by atoms with Crippen molar-refractivity contribution in [2.75, 3.05) is 19.7 Å². The number of nitrogens with zero attached hydrogens (tertiary/aromatic N) is 1. The van der Waals surface area contributed by atoms with Crippen molar-refractivity contribution in [1.82, 2.24) is 4.90 Å². The Labute approximate surface area is 107 Å². The number of aliphatic hydroxyl groups is 1. The van der Waals surface area contributed by atoms with E-state index in [-0.39, 0.29) is 0 Å². The van der Waals surface area contributed by atoms with E-state index in [4.69, 9.17) is 0 Å². The molecule has 1 rings (SSSR count). The molecule has 0 aliphatic heterocycles. The van der Waals surface area contributed by atoms with Gasteiger partial charge in [0.1, 0.15) is 0 Å². The monoisotopic (exact) mass is 241 g/mol. The van der Waals surface area contributed by atoms with E-state index < -0.39 is 0 Å². The molecule has 0 aromatic rings. The lowest BCUT2D eigenvalue weighted by atomic mass is 9.92. The first-order valence-electron chi connectivity index (χ1n) is 7.48. The van der Waals surface area contributed by atoms with Crippen molar-refractivity contribution >= 4 is 0 Å². The molecule has 17 heavy (non-hydrogen) atoms. The average molecular weight is 241 g/mol. The summed E-state index contributed by atoms with van der Waals surface area (Å²) < 4.78 is 0. The van der Waals surface area contributed by atoms with Crippen molar-refractivity contribution in [2.24, 2.45) is 11.8 Å². The van der Waals surface area contributed by atoms with Crippen LogP contribution >= 0.6 is 0 Å². The normalized spacial score (nSPS) is 20.1. The molecule has 1 aliphatic rings. The Hall–Kier alpha value is -0.0800. The summed E-state index contributed by atoms with van der Waals surface area (Å²) in [5.74, 6) is 1.54. The summed E-state index contributed by atoms with van der Waals surface area (Å²) in [4.78, 5) is 2.55. The summed E-state index contributed by atoms with van der Waals surface area (Å²) >= 11 is 0. The Bertz CT molecular complexity index is 187. The van der Waals surface area contributed by atoms with Gasteiger partial charge in [0.15, 0.2) is 0 Å². The number of aliphatic hydroxyl groups excluding tert-OH is 1. The Kier molecular flexibility index (Phi) is 7.14. The molecule has 2 nitrogen and oxygen atoms in total. The Morgan fingerprint density at radius 3 is 2.29 bits per heavy atom. The van der Waals surface area contributed by atoms with Crippen LogP contribution in [0.15, 0.2) is 0 Å². The van der Waals surface area contributed by atoms with Crippen LogP contribution in [0.5, 0.6) is 0 Å². The molecule has 1 N–H and O–H groups in total. The van der Waals surface area contributed by atoms with Crippen molar-refractivity contribution in [2.45, 2.75) is 65.3 Å². The van der Waals surface area contributed by atoms with Crippen molar-refractivity contribution < 1.29 is 5.11 Å². The quantitative estimate of drug-likeness (QED) is 0.739. The molecular weight excluding hydrogens is 210 g/mol. The Morgan fingerprint density at radius 2 is 1.76 bits per heavy atom. The van der Waals surface area contributed by atoms with Gasteiger partial charge in [0, 0.05) is 19.1 Å². The van der Waals surface area contributed by atoms with Gasteiger partial charge in [0.25, 0.3) is 0 Å². The van der Waals surface area contributed by atoms with E-state index in [1.165, 1.54) is 45.1 Å². The molecule has 0 aromatic carbocycles. The largest absolute Gasteiger partial charge is 0.395 e. The molecule has 0 bridgehead atoms. The maximum absolute atomic E-state index is 9.22. The minimum atomic E-state index is 0.310. The van der Waals surface area contributed by atoms with Gasteiger partial charge in [-0.2, -0.15) is 0 Å². The summed E-state index contributed by atoms with van der Waals surface area (Å²) in [5.41, 5.74) is 0. The van der Waals surface area contributed by atoms with Gasteiger partial charge in [-0.1, -0.05) is 40.0 Å². The van der Waals surface area contributed by atoms with E-state index in [0.717, 1.165) is 24.4 Å². The maximum Gasteiger partial charge on any atom is 0.0558 e. The maximum atomic E-state index is 9.22. The second kappa shape index (κ2) is 8.10. The second-order valence-corrected chi connectivity index (χ2v) is 6.25. The molecule has 0 amide bonds. The summed E-state index contributed by atoms with van der Waals surface area (Å²) in [5, 5.41) is 9.22. The molecule has 0 radical (unpaired) electrons. The smallest absolute Gasteiger partial charge is 0.0558 e. The van der Waals surface area contributed by atoms with Crippen molar-refractivity contribution in [3.63, 3.8) is 0 Å². The van der Waals surface area contributed by atoms with Gasteiger partial charge >= 0.3 is 0 Å². The van der Waals surface area contributed by atoms with Crippen molar-refractivity contribution in [3.05, 3.63) is 0 Å². The molecule has 1 aliphatic carbocycles. The predicted molar refractivity (Wildman–Crippen MR) is 74.2 cm³/mol. The van der Waals surface area contributed by atoms with Crippen LogP contribution in [0.1, 0.15) is 59.3 Å². The molecule has 1 saturated carbocycles. The summed E-state index contributed by atoms with van der Waals surface area (Å²) in [7, 11) is 0. The second-order valence-electron chi connectivity index (χ2n) is 6.25. The summed E-state index contributed by atoms with van der Waals surface area (Å²) in [6.07, 6.45) is 8.15.